The number of hydrogen-bond acceptors (Lipinski definition) is 4. The smallest absolute Gasteiger partial charge is 0.339 e. The molecule has 4 rings (SSSR count). The number of hydrogen-bond donors (Lipinski definition) is 1. The number of amides is 2. The summed E-state index contributed by atoms with van der Waals surface area (Å²) in [6.45, 7) is 0.336. The van der Waals surface area contributed by atoms with E-state index in [0.29, 0.717) is 24.2 Å². The third kappa shape index (κ3) is 4.11. The Kier molecular flexibility index (Phi) is 5.24. The molecule has 3 aromatic rings. The minimum Gasteiger partial charge on any atom is -0.452 e. The zero-order chi connectivity index (χ0) is 20.2. The van der Waals surface area contributed by atoms with Gasteiger partial charge in [-0.2, -0.15) is 0 Å². The van der Waals surface area contributed by atoms with Gasteiger partial charge in [0.15, 0.2) is 6.61 Å². The standard InChI is InChI=1S/C23H20N2O4/c26-21(24-17-10-12-18(13-11-17)25-14-4-9-22(25)27)15-29-23(28)20-8-3-6-16-5-1-2-7-19(16)20/h1-3,5-8,10-13H,4,9,14-15H2,(H,24,26). The van der Waals surface area contributed by atoms with Gasteiger partial charge in [-0.25, -0.2) is 4.79 Å². The fraction of sp³-hybridized carbons (Fsp3) is 0.174. The van der Waals surface area contributed by atoms with E-state index in [0.717, 1.165) is 22.9 Å². The lowest BCUT2D eigenvalue weighted by molar-refractivity contribution is -0.119. The quantitative estimate of drug-likeness (QED) is 0.675. The zero-order valence-corrected chi connectivity index (χ0v) is 15.8. The van der Waals surface area contributed by atoms with Crippen molar-refractivity contribution in [3.8, 4) is 0 Å². The summed E-state index contributed by atoms with van der Waals surface area (Å²) in [4.78, 5) is 38.1. The first-order valence-electron chi connectivity index (χ1n) is 9.47. The summed E-state index contributed by atoms with van der Waals surface area (Å²) in [5, 5.41) is 4.41. The first-order chi connectivity index (χ1) is 14.1. The average molecular weight is 388 g/mol. The fourth-order valence-corrected chi connectivity index (χ4v) is 3.46. The maximum Gasteiger partial charge on any atom is 0.339 e. The van der Waals surface area contributed by atoms with Gasteiger partial charge in [-0.1, -0.05) is 36.4 Å². The number of carbonyl (C=O) groups excluding carboxylic acids is 3. The van der Waals surface area contributed by atoms with Crippen LogP contribution in [0.15, 0.2) is 66.7 Å². The molecule has 0 saturated carbocycles. The van der Waals surface area contributed by atoms with Crippen LogP contribution in [0.25, 0.3) is 10.8 Å². The first kappa shape index (κ1) is 18.7. The van der Waals surface area contributed by atoms with Crippen LogP contribution in [0.1, 0.15) is 23.2 Å². The fourth-order valence-electron chi connectivity index (χ4n) is 3.46. The molecule has 0 radical (unpaired) electrons. The van der Waals surface area contributed by atoms with Crippen LogP contribution >= 0.6 is 0 Å². The van der Waals surface area contributed by atoms with Crippen molar-refractivity contribution in [3.63, 3.8) is 0 Å². The van der Waals surface area contributed by atoms with E-state index < -0.39 is 11.9 Å². The Labute approximate surface area is 168 Å². The van der Waals surface area contributed by atoms with Crippen LogP contribution < -0.4 is 10.2 Å². The molecule has 2 amide bonds. The van der Waals surface area contributed by atoms with Crippen LogP contribution in [-0.4, -0.2) is 30.9 Å². The van der Waals surface area contributed by atoms with E-state index in [-0.39, 0.29) is 12.5 Å². The maximum absolute atomic E-state index is 12.4. The van der Waals surface area contributed by atoms with Gasteiger partial charge in [-0.05, 0) is 47.5 Å². The highest BCUT2D eigenvalue weighted by Gasteiger charge is 2.21. The van der Waals surface area contributed by atoms with Gasteiger partial charge in [0.05, 0.1) is 5.56 Å². The van der Waals surface area contributed by atoms with E-state index >= 15 is 0 Å². The molecule has 1 saturated heterocycles. The summed E-state index contributed by atoms with van der Waals surface area (Å²) in [5.74, 6) is -0.856. The van der Waals surface area contributed by atoms with E-state index in [1.54, 1.807) is 41.3 Å². The molecule has 0 aliphatic carbocycles. The highest BCUT2D eigenvalue weighted by Crippen LogP contribution is 2.23. The molecule has 0 spiro atoms. The Balaban J connectivity index is 1.35. The van der Waals surface area contributed by atoms with Gasteiger partial charge in [0.1, 0.15) is 0 Å². The number of nitrogens with one attached hydrogen (secondary N) is 1. The minimum absolute atomic E-state index is 0.113. The molecule has 1 fully saturated rings. The summed E-state index contributed by atoms with van der Waals surface area (Å²) in [6, 6.07) is 19.9. The number of esters is 1. The van der Waals surface area contributed by atoms with Gasteiger partial charge in [0, 0.05) is 24.3 Å². The molecule has 0 unspecified atom stereocenters. The lowest BCUT2D eigenvalue weighted by atomic mass is 10.1. The van der Waals surface area contributed by atoms with Crippen LogP contribution in [0, 0.1) is 0 Å². The number of ether oxygens (including phenoxy) is 1. The second-order valence-corrected chi connectivity index (χ2v) is 6.85. The second-order valence-electron chi connectivity index (χ2n) is 6.85. The Morgan fingerprint density at radius 1 is 0.966 bits per heavy atom. The van der Waals surface area contributed by atoms with Crippen LogP contribution in [0.3, 0.4) is 0 Å². The lowest BCUT2D eigenvalue weighted by Gasteiger charge is -2.16. The SMILES string of the molecule is O=C(COC(=O)c1cccc2ccccc12)Nc1ccc(N2CCCC2=O)cc1. The molecule has 0 bridgehead atoms. The summed E-state index contributed by atoms with van der Waals surface area (Å²) in [7, 11) is 0. The first-order valence-corrected chi connectivity index (χ1v) is 9.47. The van der Waals surface area contributed by atoms with Crippen molar-refractivity contribution in [2.45, 2.75) is 12.8 Å². The number of nitrogens with zero attached hydrogens (tertiary/aromatic N) is 1. The molecule has 0 aromatic heterocycles. The molecule has 3 aromatic carbocycles. The molecule has 146 valence electrons. The molecular weight excluding hydrogens is 368 g/mol. The molecule has 1 N–H and O–H groups in total. The second kappa shape index (κ2) is 8.14. The summed E-state index contributed by atoms with van der Waals surface area (Å²) in [5.41, 5.74) is 1.81. The van der Waals surface area contributed by atoms with Crippen LogP contribution in [0.4, 0.5) is 11.4 Å². The molecule has 6 nitrogen and oxygen atoms in total. The molecule has 1 aliphatic heterocycles. The zero-order valence-electron chi connectivity index (χ0n) is 15.8. The van der Waals surface area contributed by atoms with Crippen molar-refractivity contribution in [2.75, 3.05) is 23.4 Å². The van der Waals surface area contributed by atoms with Crippen molar-refractivity contribution >= 4 is 39.9 Å². The van der Waals surface area contributed by atoms with E-state index in [2.05, 4.69) is 5.32 Å². The lowest BCUT2D eigenvalue weighted by Crippen LogP contribution is -2.23. The maximum atomic E-state index is 12.4. The van der Waals surface area contributed by atoms with Gasteiger partial charge in [-0.15, -0.1) is 0 Å². The predicted molar refractivity (Wildman–Crippen MR) is 111 cm³/mol. The average Bonchev–Trinajstić information content (AvgIpc) is 3.18. The number of carbonyl (C=O) groups is 3. The summed E-state index contributed by atoms with van der Waals surface area (Å²) in [6.07, 6.45) is 1.43. The molecular formula is C23H20N2O4. The minimum atomic E-state index is -0.542. The third-order valence-electron chi connectivity index (χ3n) is 4.88. The molecule has 29 heavy (non-hydrogen) atoms. The van der Waals surface area contributed by atoms with Crippen molar-refractivity contribution in [2.24, 2.45) is 0 Å². The van der Waals surface area contributed by atoms with Gasteiger partial charge < -0.3 is 15.0 Å². The van der Waals surface area contributed by atoms with E-state index in [1.807, 2.05) is 30.3 Å². The van der Waals surface area contributed by atoms with Crippen molar-refractivity contribution in [3.05, 3.63) is 72.3 Å². The molecule has 1 heterocycles. The van der Waals surface area contributed by atoms with Crippen LogP contribution in [-0.2, 0) is 14.3 Å². The summed E-state index contributed by atoms with van der Waals surface area (Å²) >= 11 is 0. The van der Waals surface area contributed by atoms with Gasteiger partial charge >= 0.3 is 5.97 Å². The third-order valence-corrected chi connectivity index (χ3v) is 4.88. The largest absolute Gasteiger partial charge is 0.452 e. The monoisotopic (exact) mass is 388 g/mol. The molecule has 0 atom stereocenters. The Morgan fingerprint density at radius 3 is 2.48 bits per heavy atom. The van der Waals surface area contributed by atoms with Gasteiger partial charge in [0.2, 0.25) is 5.91 Å². The van der Waals surface area contributed by atoms with Crippen LogP contribution in [0.2, 0.25) is 0 Å². The van der Waals surface area contributed by atoms with Crippen molar-refractivity contribution in [1.29, 1.82) is 0 Å². The number of rotatable bonds is 5. The highest BCUT2D eigenvalue weighted by atomic mass is 16.5. The normalized spacial score (nSPS) is 13.5. The Bertz CT molecular complexity index is 1070. The van der Waals surface area contributed by atoms with E-state index in [4.69, 9.17) is 4.74 Å². The van der Waals surface area contributed by atoms with Gasteiger partial charge in [0.25, 0.3) is 5.91 Å². The van der Waals surface area contributed by atoms with Crippen LogP contribution in [0.5, 0.6) is 0 Å². The van der Waals surface area contributed by atoms with Crippen molar-refractivity contribution in [1.82, 2.24) is 0 Å². The van der Waals surface area contributed by atoms with E-state index in [9.17, 15) is 14.4 Å². The number of anilines is 2. The topological polar surface area (TPSA) is 75.7 Å². The van der Waals surface area contributed by atoms with Gasteiger partial charge in [-0.3, -0.25) is 9.59 Å². The van der Waals surface area contributed by atoms with Crippen molar-refractivity contribution < 1.29 is 19.1 Å². The number of fused-ring (bicyclic) bond motifs is 1. The summed E-state index contributed by atoms with van der Waals surface area (Å²) < 4.78 is 5.19. The predicted octanol–water partition coefficient (Wildman–Crippen LogP) is 3.76. The molecule has 1 aliphatic rings. The number of benzene rings is 3. The Morgan fingerprint density at radius 2 is 1.72 bits per heavy atom. The Hall–Kier alpha value is -3.67. The highest BCUT2D eigenvalue weighted by molar-refractivity contribution is 6.05. The van der Waals surface area contributed by atoms with E-state index in [1.165, 1.54) is 0 Å². The molecule has 6 heteroatoms.